The second-order valence-corrected chi connectivity index (χ2v) is 5.98. The normalized spacial score (nSPS) is 16.4. The standard InChI is InChI=1S/C17H25NO3/c19-15-8-7-14(11-16(15)20)9-10-18-17(21)12-13-5-3-1-2-4-6-13/h7-8,11,13,19-20H,1-6,9-10,12H2,(H,18,21). The van der Waals surface area contributed by atoms with Gasteiger partial charge in [0.2, 0.25) is 5.91 Å². The molecule has 2 rings (SSSR count). The molecule has 1 aliphatic rings. The van der Waals surface area contributed by atoms with Crippen LogP contribution >= 0.6 is 0 Å². The number of amides is 1. The van der Waals surface area contributed by atoms with Crippen LogP contribution in [0, 0.1) is 5.92 Å². The highest BCUT2D eigenvalue weighted by atomic mass is 16.3. The summed E-state index contributed by atoms with van der Waals surface area (Å²) in [5.41, 5.74) is 0.903. The number of phenolic OH excluding ortho intramolecular Hbond substituents is 2. The monoisotopic (exact) mass is 291 g/mol. The number of carbonyl (C=O) groups is 1. The summed E-state index contributed by atoms with van der Waals surface area (Å²) < 4.78 is 0. The van der Waals surface area contributed by atoms with Gasteiger partial charge < -0.3 is 15.5 Å². The maximum absolute atomic E-state index is 11.9. The Morgan fingerprint density at radius 1 is 1.10 bits per heavy atom. The molecule has 1 aromatic carbocycles. The van der Waals surface area contributed by atoms with Crippen LogP contribution in [-0.2, 0) is 11.2 Å². The fourth-order valence-electron chi connectivity index (χ4n) is 2.97. The van der Waals surface area contributed by atoms with Gasteiger partial charge in [0, 0.05) is 13.0 Å². The first kappa shape index (κ1) is 15.7. The Balaban J connectivity index is 1.69. The number of carbonyl (C=O) groups excluding carboxylic acids is 1. The van der Waals surface area contributed by atoms with Gasteiger partial charge in [0.05, 0.1) is 0 Å². The van der Waals surface area contributed by atoms with Gasteiger partial charge in [-0.05, 0) is 42.9 Å². The van der Waals surface area contributed by atoms with Gasteiger partial charge in [-0.15, -0.1) is 0 Å². The zero-order valence-electron chi connectivity index (χ0n) is 12.5. The molecular formula is C17H25NO3. The van der Waals surface area contributed by atoms with Gasteiger partial charge in [-0.1, -0.05) is 31.7 Å². The van der Waals surface area contributed by atoms with Crippen LogP contribution in [0.2, 0.25) is 0 Å². The summed E-state index contributed by atoms with van der Waals surface area (Å²) in [7, 11) is 0. The molecule has 0 aromatic heterocycles. The fraction of sp³-hybridized carbons (Fsp3) is 0.588. The van der Waals surface area contributed by atoms with Crippen molar-refractivity contribution in [2.45, 2.75) is 51.4 Å². The third-order valence-electron chi connectivity index (χ3n) is 4.22. The first-order valence-corrected chi connectivity index (χ1v) is 7.92. The molecule has 4 nitrogen and oxygen atoms in total. The second-order valence-electron chi connectivity index (χ2n) is 5.98. The molecule has 1 fully saturated rings. The van der Waals surface area contributed by atoms with E-state index in [-0.39, 0.29) is 17.4 Å². The maximum Gasteiger partial charge on any atom is 0.220 e. The van der Waals surface area contributed by atoms with Gasteiger partial charge in [0.15, 0.2) is 11.5 Å². The highest BCUT2D eigenvalue weighted by Crippen LogP contribution is 2.26. The highest BCUT2D eigenvalue weighted by molar-refractivity contribution is 5.76. The molecule has 4 heteroatoms. The number of nitrogens with one attached hydrogen (secondary N) is 1. The van der Waals surface area contributed by atoms with E-state index in [2.05, 4.69) is 5.32 Å². The lowest BCUT2D eigenvalue weighted by Gasteiger charge is -2.13. The van der Waals surface area contributed by atoms with Crippen molar-refractivity contribution in [3.8, 4) is 11.5 Å². The van der Waals surface area contributed by atoms with Gasteiger partial charge in [0.25, 0.3) is 0 Å². The smallest absolute Gasteiger partial charge is 0.220 e. The number of phenols is 2. The van der Waals surface area contributed by atoms with E-state index < -0.39 is 0 Å². The Kier molecular flexibility index (Phi) is 5.90. The average molecular weight is 291 g/mol. The molecule has 0 unspecified atom stereocenters. The van der Waals surface area contributed by atoms with Crippen LogP contribution < -0.4 is 5.32 Å². The van der Waals surface area contributed by atoms with E-state index in [0.717, 1.165) is 5.56 Å². The van der Waals surface area contributed by atoms with Gasteiger partial charge in [0.1, 0.15) is 0 Å². The molecule has 0 spiro atoms. The molecule has 0 bridgehead atoms. The third kappa shape index (κ3) is 5.29. The van der Waals surface area contributed by atoms with Gasteiger partial charge >= 0.3 is 0 Å². The summed E-state index contributed by atoms with van der Waals surface area (Å²) in [4.78, 5) is 11.9. The van der Waals surface area contributed by atoms with Crippen molar-refractivity contribution in [2.75, 3.05) is 6.54 Å². The molecule has 0 heterocycles. The Morgan fingerprint density at radius 2 is 1.81 bits per heavy atom. The Hall–Kier alpha value is -1.71. The molecule has 116 valence electrons. The fourth-order valence-corrected chi connectivity index (χ4v) is 2.97. The van der Waals surface area contributed by atoms with Crippen molar-refractivity contribution in [1.82, 2.24) is 5.32 Å². The zero-order valence-corrected chi connectivity index (χ0v) is 12.5. The molecule has 21 heavy (non-hydrogen) atoms. The van der Waals surface area contributed by atoms with Crippen LogP contribution in [0.4, 0.5) is 0 Å². The minimum atomic E-state index is -0.115. The van der Waals surface area contributed by atoms with Crippen molar-refractivity contribution >= 4 is 5.91 Å². The number of benzene rings is 1. The van der Waals surface area contributed by atoms with Crippen molar-refractivity contribution in [2.24, 2.45) is 5.92 Å². The summed E-state index contributed by atoms with van der Waals surface area (Å²) >= 11 is 0. The largest absolute Gasteiger partial charge is 0.504 e. The third-order valence-corrected chi connectivity index (χ3v) is 4.22. The van der Waals surface area contributed by atoms with E-state index >= 15 is 0 Å². The Bertz CT molecular complexity index is 465. The van der Waals surface area contributed by atoms with Gasteiger partial charge in [-0.25, -0.2) is 0 Å². The summed E-state index contributed by atoms with van der Waals surface area (Å²) in [5.74, 6) is 0.448. The van der Waals surface area contributed by atoms with E-state index in [1.807, 2.05) is 0 Å². The number of rotatable bonds is 5. The minimum absolute atomic E-state index is 0.114. The SMILES string of the molecule is O=C(CC1CCCCCC1)NCCc1ccc(O)c(O)c1. The summed E-state index contributed by atoms with van der Waals surface area (Å²) in [6.45, 7) is 0.565. The Labute approximate surface area is 126 Å². The predicted octanol–water partition coefficient (Wildman–Crippen LogP) is 3.12. The quantitative estimate of drug-likeness (QED) is 0.576. The molecule has 3 N–H and O–H groups in total. The van der Waals surface area contributed by atoms with E-state index in [1.54, 1.807) is 6.07 Å². The van der Waals surface area contributed by atoms with Crippen LogP contribution in [0.15, 0.2) is 18.2 Å². The maximum atomic E-state index is 11.9. The van der Waals surface area contributed by atoms with Crippen LogP contribution in [0.25, 0.3) is 0 Å². The minimum Gasteiger partial charge on any atom is -0.504 e. The lowest BCUT2D eigenvalue weighted by atomic mass is 9.96. The van der Waals surface area contributed by atoms with Crippen LogP contribution in [0.1, 0.15) is 50.5 Å². The molecule has 1 amide bonds. The molecule has 0 aliphatic heterocycles. The van der Waals surface area contributed by atoms with E-state index in [4.69, 9.17) is 0 Å². The van der Waals surface area contributed by atoms with Crippen LogP contribution in [0.3, 0.4) is 0 Å². The molecule has 1 saturated carbocycles. The zero-order chi connectivity index (χ0) is 15.1. The van der Waals surface area contributed by atoms with E-state index in [0.29, 0.717) is 25.3 Å². The number of aromatic hydroxyl groups is 2. The summed E-state index contributed by atoms with van der Waals surface area (Å²) in [6, 6.07) is 4.76. The second kappa shape index (κ2) is 7.91. The Morgan fingerprint density at radius 3 is 2.48 bits per heavy atom. The molecule has 0 radical (unpaired) electrons. The average Bonchev–Trinajstić information content (AvgIpc) is 2.71. The van der Waals surface area contributed by atoms with Gasteiger partial charge in [-0.3, -0.25) is 4.79 Å². The van der Waals surface area contributed by atoms with E-state index in [9.17, 15) is 15.0 Å². The van der Waals surface area contributed by atoms with Crippen molar-refractivity contribution < 1.29 is 15.0 Å². The number of hydrogen-bond acceptors (Lipinski definition) is 3. The lowest BCUT2D eigenvalue weighted by Crippen LogP contribution is -2.27. The van der Waals surface area contributed by atoms with Crippen molar-refractivity contribution in [3.05, 3.63) is 23.8 Å². The van der Waals surface area contributed by atoms with E-state index in [1.165, 1.54) is 50.7 Å². The lowest BCUT2D eigenvalue weighted by molar-refractivity contribution is -0.122. The first-order chi connectivity index (χ1) is 10.1. The summed E-state index contributed by atoms with van der Waals surface area (Å²) in [5, 5.41) is 21.6. The topological polar surface area (TPSA) is 69.6 Å². The highest BCUT2D eigenvalue weighted by Gasteiger charge is 2.15. The first-order valence-electron chi connectivity index (χ1n) is 7.92. The predicted molar refractivity (Wildman–Crippen MR) is 82.3 cm³/mol. The summed E-state index contributed by atoms with van der Waals surface area (Å²) in [6.07, 6.45) is 8.78. The molecule has 1 aliphatic carbocycles. The molecular weight excluding hydrogens is 266 g/mol. The van der Waals surface area contributed by atoms with Crippen molar-refractivity contribution in [3.63, 3.8) is 0 Å². The molecule has 1 aromatic rings. The van der Waals surface area contributed by atoms with Crippen molar-refractivity contribution in [1.29, 1.82) is 0 Å². The van der Waals surface area contributed by atoms with Crippen LogP contribution in [-0.4, -0.2) is 22.7 Å². The van der Waals surface area contributed by atoms with Gasteiger partial charge in [-0.2, -0.15) is 0 Å². The molecule has 0 saturated heterocycles. The number of hydrogen-bond donors (Lipinski definition) is 3. The molecule has 0 atom stereocenters. The van der Waals surface area contributed by atoms with Crippen LogP contribution in [0.5, 0.6) is 11.5 Å².